The molecule has 0 aromatic carbocycles. The summed E-state index contributed by atoms with van der Waals surface area (Å²) >= 11 is 0. The molecule has 3 N–H and O–H groups in total. The number of hydrogen-bond acceptors (Lipinski definition) is 6. The van der Waals surface area contributed by atoms with Crippen molar-refractivity contribution in [3.8, 4) is 0 Å². The van der Waals surface area contributed by atoms with Crippen molar-refractivity contribution in [1.82, 2.24) is 25.9 Å². The van der Waals surface area contributed by atoms with Gasteiger partial charge in [-0.2, -0.15) is 0 Å². The molecule has 3 amide bonds. The van der Waals surface area contributed by atoms with Crippen LogP contribution >= 0.6 is 0 Å². The number of aldehydes is 1. The Balaban J connectivity index is 1.99. The molecule has 0 aliphatic heterocycles. The van der Waals surface area contributed by atoms with E-state index in [2.05, 4.69) is 25.9 Å². The van der Waals surface area contributed by atoms with Crippen LogP contribution in [0.2, 0.25) is 0 Å². The highest BCUT2D eigenvalue weighted by atomic mass is 16.2. The lowest BCUT2D eigenvalue weighted by Crippen LogP contribution is -2.57. The first-order valence-electron chi connectivity index (χ1n) is 11.3. The van der Waals surface area contributed by atoms with Crippen LogP contribution in [0, 0.1) is 23.7 Å². The third-order valence-corrected chi connectivity index (χ3v) is 6.03. The summed E-state index contributed by atoms with van der Waals surface area (Å²) in [4.78, 5) is 57.0. The number of amides is 3. The monoisotopic (exact) mass is 445 g/mol. The number of rotatable bonds is 11. The van der Waals surface area contributed by atoms with E-state index in [1.807, 2.05) is 27.7 Å². The zero-order valence-corrected chi connectivity index (χ0v) is 19.3. The molecule has 1 saturated carbocycles. The van der Waals surface area contributed by atoms with E-state index >= 15 is 0 Å². The van der Waals surface area contributed by atoms with Crippen LogP contribution in [0.5, 0.6) is 0 Å². The summed E-state index contributed by atoms with van der Waals surface area (Å²) in [6, 6.07) is -1.56. The molecule has 0 spiro atoms. The van der Waals surface area contributed by atoms with Crippen molar-refractivity contribution in [2.24, 2.45) is 23.7 Å². The Bertz CT molecular complexity index is 784. The second kappa shape index (κ2) is 12.3. The number of aromatic nitrogens is 2. The first-order valence-corrected chi connectivity index (χ1v) is 11.3. The molecule has 1 aromatic rings. The third kappa shape index (κ3) is 7.10. The van der Waals surface area contributed by atoms with Gasteiger partial charge in [0.25, 0.3) is 5.91 Å². The predicted octanol–water partition coefficient (Wildman–Crippen LogP) is 1.49. The van der Waals surface area contributed by atoms with Crippen LogP contribution in [0.4, 0.5) is 0 Å². The molecule has 9 heteroatoms. The Morgan fingerprint density at radius 2 is 1.66 bits per heavy atom. The molecule has 0 unspecified atom stereocenters. The molecule has 1 heterocycles. The summed E-state index contributed by atoms with van der Waals surface area (Å²) in [5, 5.41) is 8.46. The third-order valence-electron chi connectivity index (χ3n) is 6.03. The van der Waals surface area contributed by atoms with E-state index in [9.17, 15) is 19.2 Å². The average Bonchev–Trinajstić information content (AvgIpc) is 3.21. The van der Waals surface area contributed by atoms with Crippen molar-refractivity contribution < 1.29 is 19.2 Å². The first-order chi connectivity index (χ1) is 15.2. The molecule has 1 aromatic heterocycles. The fourth-order valence-electron chi connectivity index (χ4n) is 4.10. The summed E-state index contributed by atoms with van der Waals surface area (Å²) in [6.07, 6.45) is 8.72. The Kier molecular flexibility index (Phi) is 9.74. The Morgan fingerprint density at radius 1 is 1.00 bits per heavy atom. The summed E-state index contributed by atoms with van der Waals surface area (Å²) in [7, 11) is 0. The zero-order chi connectivity index (χ0) is 23.7. The molecule has 32 heavy (non-hydrogen) atoms. The van der Waals surface area contributed by atoms with Gasteiger partial charge in [-0.1, -0.05) is 34.1 Å². The minimum Gasteiger partial charge on any atom is -0.354 e. The van der Waals surface area contributed by atoms with Crippen LogP contribution in [-0.2, 0) is 14.4 Å². The van der Waals surface area contributed by atoms with Crippen LogP contribution in [0.15, 0.2) is 18.6 Å². The molecule has 1 aliphatic rings. The van der Waals surface area contributed by atoms with Gasteiger partial charge in [0.1, 0.15) is 24.1 Å². The van der Waals surface area contributed by atoms with Gasteiger partial charge in [-0.05, 0) is 36.5 Å². The van der Waals surface area contributed by atoms with Crippen molar-refractivity contribution in [2.75, 3.05) is 6.54 Å². The number of carbonyl (C=O) groups excluding carboxylic acids is 4. The molecule has 176 valence electrons. The first kappa shape index (κ1) is 25.4. The second-order valence-corrected chi connectivity index (χ2v) is 9.11. The van der Waals surface area contributed by atoms with Gasteiger partial charge >= 0.3 is 0 Å². The summed E-state index contributed by atoms with van der Waals surface area (Å²) < 4.78 is 0. The van der Waals surface area contributed by atoms with Crippen molar-refractivity contribution >= 4 is 24.0 Å². The average molecular weight is 446 g/mol. The van der Waals surface area contributed by atoms with E-state index in [1.54, 1.807) is 0 Å². The van der Waals surface area contributed by atoms with Gasteiger partial charge in [-0.3, -0.25) is 19.4 Å². The zero-order valence-electron chi connectivity index (χ0n) is 19.3. The molecule has 0 bridgehead atoms. The van der Waals surface area contributed by atoms with Crippen LogP contribution in [0.1, 0.15) is 63.9 Å². The Labute approximate surface area is 189 Å². The second-order valence-electron chi connectivity index (χ2n) is 9.11. The van der Waals surface area contributed by atoms with E-state index < -0.39 is 23.9 Å². The van der Waals surface area contributed by atoms with Crippen LogP contribution in [0.3, 0.4) is 0 Å². The fourth-order valence-corrected chi connectivity index (χ4v) is 4.10. The molecular formula is C23H35N5O4. The number of carbonyl (C=O) groups is 4. The molecule has 0 radical (unpaired) electrons. The minimum atomic E-state index is -0.828. The lowest BCUT2D eigenvalue weighted by atomic mass is 9.93. The highest BCUT2D eigenvalue weighted by Gasteiger charge is 2.32. The topological polar surface area (TPSA) is 130 Å². The molecule has 1 aliphatic carbocycles. The summed E-state index contributed by atoms with van der Waals surface area (Å²) in [5.74, 6) is -0.937. The summed E-state index contributed by atoms with van der Waals surface area (Å²) in [6.45, 7) is 7.85. The molecular weight excluding hydrogens is 410 g/mol. The maximum atomic E-state index is 13.0. The number of hydrogen-bond donors (Lipinski definition) is 3. The minimum absolute atomic E-state index is 0.116. The molecule has 2 rings (SSSR count). The van der Waals surface area contributed by atoms with E-state index in [1.165, 1.54) is 18.6 Å². The largest absolute Gasteiger partial charge is 0.354 e. The SMILES string of the molecule is CC(C)[C@H](NC(=O)[C@H](NC(=O)c1cnccn1)C(C)C)C(=O)NC[C@@H]1CCC[C@@H]1CC=O. The van der Waals surface area contributed by atoms with E-state index in [0.717, 1.165) is 25.5 Å². The lowest BCUT2D eigenvalue weighted by Gasteiger charge is -2.27. The quantitative estimate of drug-likeness (QED) is 0.443. The highest BCUT2D eigenvalue weighted by Crippen LogP contribution is 2.33. The predicted molar refractivity (Wildman–Crippen MR) is 119 cm³/mol. The van der Waals surface area contributed by atoms with Gasteiger partial charge in [0.15, 0.2) is 0 Å². The number of nitrogens with one attached hydrogen (secondary N) is 3. The van der Waals surface area contributed by atoms with Gasteiger partial charge in [0.05, 0.1) is 6.20 Å². The van der Waals surface area contributed by atoms with Crippen molar-refractivity contribution in [1.29, 1.82) is 0 Å². The van der Waals surface area contributed by atoms with Crippen LogP contribution in [0.25, 0.3) is 0 Å². The van der Waals surface area contributed by atoms with Crippen molar-refractivity contribution in [2.45, 2.75) is 65.5 Å². The van der Waals surface area contributed by atoms with E-state index in [4.69, 9.17) is 0 Å². The van der Waals surface area contributed by atoms with Crippen molar-refractivity contribution in [3.63, 3.8) is 0 Å². The van der Waals surface area contributed by atoms with Crippen LogP contribution in [-0.4, -0.2) is 52.6 Å². The Hall–Kier alpha value is -2.84. The standard InChI is InChI=1S/C23H35N5O4/c1-14(2)19(22(31)26-12-17-7-5-6-16(17)8-11-29)28-23(32)20(15(3)4)27-21(30)18-13-24-9-10-25-18/h9-11,13-17,19-20H,5-8,12H2,1-4H3,(H,26,31)(H,27,30)(H,28,32)/t16-,17+,19+,20-/m1/s1. The molecule has 1 fully saturated rings. The highest BCUT2D eigenvalue weighted by molar-refractivity contribution is 5.97. The maximum Gasteiger partial charge on any atom is 0.272 e. The maximum absolute atomic E-state index is 13.0. The van der Waals surface area contributed by atoms with Gasteiger partial charge in [-0.25, -0.2) is 4.98 Å². The molecule has 4 atom stereocenters. The van der Waals surface area contributed by atoms with Crippen LogP contribution < -0.4 is 16.0 Å². The van der Waals surface area contributed by atoms with Crippen molar-refractivity contribution in [3.05, 3.63) is 24.3 Å². The smallest absolute Gasteiger partial charge is 0.272 e. The van der Waals surface area contributed by atoms with Gasteiger partial charge in [0.2, 0.25) is 11.8 Å². The molecule has 0 saturated heterocycles. The normalized spacial score (nSPS) is 19.9. The van der Waals surface area contributed by atoms with Gasteiger partial charge in [0, 0.05) is 25.4 Å². The molecule has 9 nitrogen and oxygen atoms in total. The fraction of sp³-hybridized carbons (Fsp3) is 0.652. The van der Waals surface area contributed by atoms with Gasteiger partial charge in [-0.15, -0.1) is 0 Å². The van der Waals surface area contributed by atoms with E-state index in [-0.39, 0.29) is 29.4 Å². The Morgan fingerprint density at radius 3 is 2.25 bits per heavy atom. The number of nitrogens with zero attached hydrogens (tertiary/aromatic N) is 2. The van der Waals surface area contributed by atoms with Gasteiger partial charge < -0.3 is 20.7 Å². The van der Waals surface area contributed by atoms with E-state index in [0.29, 0.717) is 18.9 Å². The summed E-state index contributed by atoms with van der Waals surface area (Å²) in [5.41, 5.74) is 0.116. The lowest BCUT2D eigenvalue weighted by molar-refractivity contribution is -0.131.